The zero-order valence-corrected chi connectivity index (χ0v) is 10.9. The number of alkyl halides is 2. The molecule has 0 amide bonds. The molecule has 1 aromatic rings. The first-order valence-electron chi connectivity index (χ1n) is 4.09. The van der Waals surface area contributed by atoms with Gasteiger partial charge < -0.3 is 4.74 Å². The molecule has 0 heterocycles. The summed E-state index contributed by atoms with van der Waals surface area (Å²) >= 11 is 6.78. The lowest BCUT2D eigenvalue weighted by atomic mass is 10.1. The molecule has 76 valence electrons. The van der Waals surface area contributed by atoms with Crippen molar-refractivity contribution in [3.63, 3.8) is 0 Å². The zero-order valence-electron chi connectivity index (χ0n) is 7.72. The molecule has 0 fully saturated rings. The van der Waals surface area contributed by atoms with Crippen LogP contribution in [0.4, 0.5) is 0 Å². The van der Waals surface area contributed by atoms with Gasteiger partial charge in [0, 0.05) is 17.6 Å². The monoisotopic (exact) mass is 320 g/mol. The van der Waals surface area contributed by atoms with Gasteiger partial charge in [0.2, 0.25) is 0 Å². The summed E-state index contributed by atoms with van der Waals surface area (Å²) in [6.07, 6.45) is 0. The summed E-state index contributed by atoms with van der Waals surface area (Å²) in [5, 5.41) is 1.55. The Balaban J connectivity index is 2.95. The smallest absolute Gasteiger partial charge is 0.308 e. The molecule has 0 saturated heterocycles. The molecular weight excluding hydrogens is 312 g/mol. The Morgan fingerprint density at radius 2 is 1.93 bits per heavy atom. The highest BCUT2D eigenvalue weighted by atomic mass is 79.9. The number of hydrogen-bond donors (Lipinski definition) is 0. The van der Waals surface area contributed by atoms with Crippen molar-refractivity contribution in [2.75, 3.05) is 0 Å². The van der Waals surface area contributed by atoms with Gasteiger partial charge in [-0.2, -0.15) is 0 Å². The van der Waals surface area contributed by atoms with Gasteiger partial charge in [-0.05, 0) is 23.3 Å². The van der Waals surface area contributed by atoms with Gasteiger partial charge in [0.15, 0.2) is 0 Å². The second-order valence-corrected chi connectivity index (χ2v) is 3.91. The molecule has 0 aliphatic carbocycles. The van der Waals surface area contributed by atoms with E-state index in [1.807, 2.05) is 12.1 Å². The van der Waals surface area contributed by atoms with Crippen LogP contribution in [0, 0.1) is 0 Å². The Labute approximate surface area is 99.9 Å². The average Bonchev–Trinajstić information content (AvgIpc) is 2.16. The van der Waals surface area contributed by atoms with Gasteiger partial charge in [0.1, 0.15) is 5.75 Å². The summed E-state index contributed by atoms with van der Waals surface area (Å²) in [4.78, 5) is 10.7. The highest BCUT2D eigenvalue weighted by Gasteiger charge is 2.04. The highest BCUT2D eigenvalue weighted by molar-refractivity contribution is 9.09. The van der Waals surface area contributed by atoms with Crippen molar-refractivity contribution in [2.24, 2.45) is 0 Å². The van der Waals surface area contributed by atoms with E-state index >= 15 is 0 Å². The number of carbonyl (C=O) groups is 1. The number of rotatable bonds is 3. The minimum absolute atomic E-state index is 0.294. The van der Waals surface area contributed by atoms with Crippen LogP contribution in [0.1, 0.15) is 18.1 Å². The summed E-state index contributed by atoms with van der Waals surface area (Å²) in [6.45, 7) is 1.40. The van der Waals surface area contributed by atoms with E-state index in [1.165, 1.54) is 12.5 Å². The van der Waals surface area contributed by atoms with Gasteiger partial charge in [-0.15, -0.1) is 0 Å². The Kier molecular flexibility index (Phi) is 4.62. The molecular formula is C10H10Br2O2. The first kappa shape index (κ1) is 11.7. The number of hydrogen-bond acceptors (Lipinski definition) is 2. The van der Waals surface area contributed by atoms with Crippen LogP contribution in [-0.4, -0.2) is 5.97 Å². The van der Waals surface area contributed by atoms with Crippen LogP contribution >= 0.6 is 31.9 Å². The van der Waals surface area contributed by atoms with E-state index in [-0.39, 0.29) is 5.97 Å². The summed E-state index contributed by atoms with van der Waals surface area (Å²) in [5.41, 5.74) is 2.32. The molecule has 2 nitrogen and oxygen atoms in total. The van der Waals surface area contributed by atoms with E-state index in [2.05, 4.69) is 31.9 Å². The van der Waals surface area contributed by atoms with Crippen molar-refractivity contribution in [3.05, 3.63) is 29.3 Å². The molecule has 0 aromatic heterocycles. The van der Waals surface area contributed by atoms with Crippen LogP contribution in [-0.2, 0) is 15.5 Å². The largest absolute Gasteiger partial charge is 0.427 e. The van der Waals surface area contributed by atoms with Crippen LogP contribution < -0.4 is 4.74 Å². The molecule has 0 aliphatic heterocycles. The lowest BCUT2D eigenvalue weighted by Crippen LogP contribution is -2.02. The summed E-state index contributed by atoms with van der Waals surface area (Å²) in [5.74, 6) is 0.300. The van der Waals surface area contributed by atoms with Crippen LogP contribution in [0.2, 0.25) is 0 Å². The number of halogens is 2. The maximum absolute atomic E-state index is 10.7. The molecule has 1 aromatic carbocycles. The second-order valence-electron chi connectivity index (χ2n) is 2.79. The van der Waals surface area contributed by atoms with Crippen LogP contribution in [0.15, 0.2) is 18.2 Å². The SMILES string of the molecule is CC(=O)Oc1ccc(CBr)c(CBr)c1. The van der Waals surface area contributed by atoms with E-state index in [0.29, 0.717) is 5.75 Å². The first-order valence-corrected chi connectivity index (χ1v) is 6.33. The Morgan fingerprint density at radius 1 is 1.29 bits per heavy atom. The van der Waals surface area contributed by atoms with Crippen LogP contribution in [0.3, 0.4) is 0 Å². The van der Waals surface area contributed by atoms with Gasteiger partial charge >= 0.3 is 5.97 Å². The second kappa shape index (κ2) is 5.51. The van der Waals surface area contributed by atoms with E-state index < -0.39 is 0 Å². The fourth-order valence-electron chi connectivity index (χ4n) is 1.09. The van der Waals surface area contributed by atoms with Crippen molar-refractivity contribution in [3.8, 4) is 5.75 Å². The third kappa shape index (κ3) is 3.10. The lowest BCUT2D eigenvalue weighted by molar-refractivity contribution is -0.131. The fraction of sp³-hybridized carbons (Fsp3) is 0.300. The maximum atomic E-state index is 10.7. The van der Waals surface area contributed by atoms with E-state index in [0.717, 1.165) is 16.2 Å². The molecule has 0 radical (unpaired) electrons. The predicted molar refractivity (Wildman–Crippen MR) is 63.0 cm³/mol. The molecule has 1 rings (SSSR count). The molecule has 0 N–H and O–H groups in total. The molecule has 0 saturated carbocycles. The molecule has 0 spiro atoms. The van der Waals surface area contributed by atoms with Gasteiger partial charge in [0.25, 0.3) is 0 Å². The Hall–Kier alpha value is -0.350. The predicted octanol–water partition coefficient (Wildman–Crippen LogP) is 3.40. The molecule has 0 unspecified atom stereocenters. The third-order valence-corrected chi connectivity index (χ3v) is 2.94. The summed E-state index contributed by atoms with van der Waals surface area (Å²) in [6, 6.07) is 5.61. The van der Waals surface area contributed by atoms with Gasteiger partial charge in [0.05, 0.1) is 0 Å². The third-order valence-electron chi connectivity index (χ3n) is 1.73. The van der Waals surface area contributed by atoms with E-state index in [9.17, 15) is 4.79 Å². The minimum Gasteiger partial charge on any atom is -0.427 e. The average molecular weight is 322 g/mol. The van der Waals surface area contributed by atoms with Crippen molar-refractivity contribution < 1.29 is 9.53 Å². The molecule has 4 heteroatoms. The van der Waals surface area contributed by atoms with Crippen LogP contribution in [0.5, 0.6) is 5.75 Å². The van der Waals surface area contributed by atoms with Gasteiger partial charge in [-0.1, -0.05) is 37.9 Å². The summed E-state index contributed by atoms with van der Waals surface area (Å²) < 4.78 is 4.98. The highest BCUT2D eigenvalue weighted by Crippen LogP contribution is 2.22. The Bertz CT molecular complexity index is 337. The number of ether oxygens (including phenoxy) is 1. The van der Waals surface area contributed by atoms with Crippen LogP contribution in [0.25, 0.3) is 0 Å². The standard InChI is InChI=1S/C10H10Br2O2/c1-7(13)14-10-3-2-8(5-11)9(4-10)6-12/h2-4H,5-6H2,1H3. The quantitative estimate of drug-likeness (QED) is 0.484. The molecule has 14 heavy (non-hydrogen) atoms. The first-order chi connectivity index (χ1) is 6.67. The molecule has 0 atom stereocenters. The minimum atomic E-state index is -0.294. The van der Waals surface area contributed by atoms with Crippen molar-refractivity contribution in [1.29, 1.82) is 0 Å². The van der Waals surface area contributed by atoms with E-state index in [1.54, 1.807) is 6.07 Å². The fourth-order valence-corrected chi connectivity index (χ4v) is 2.16. The van der Waals surface area contributed by atoms with Crippen molar-refractivity contribution >= 4 is 37.8 Å². The number of benzene rings is 1. The molecule has 0 bridgehead atoms. The lowest BCUT2D eigenvalue weighted by Gasteiger charge is -2.07. The number of esters is 1. The van der Waals surface area contributed by atoms with Crippen molar-refractivity contribution in [1.82, 2.24) is 0 Å². The topological polar surface area (TPSA) is 26.3 Å². The summed E-state index contributed by atoms with van der Waals surface area (Å²) in [7, 11) is 0. The normalized spacial score (nSPS) is 9.93. The van der Waals surface area contributed by atoms with Crippen molar-refractivity contribution in [2.45, 2.75) is 17.6 Å². The Morgan fingerprint density at radius 3 is 2.43 bits per heavy atom. The van der Waals surface area contributed by atoms with Gasteiger partial charge in [-0.3, -0.25) is 4.79 Å². The van der Waals surface area contributed by atoms with Gasteiger partial charge in [-0.25, -0.2) is 0 Å². The molecule has 0 aliphatic rings. The maximum Gasteiger partial charge on any atom is 0.308 e. The zero-order chi connectivity index (χ0) is 10.6. The van der Waals surface area contributed by atoms with E-state index in [4.69, 9.17) is 4.74 Å². The number of carbonyl (C=O) groups excluding carboxylic acids is 1.